The van der Waals surface area contributed by atoms with Crippen LogP contribution in [0.2, 0.25) is 0 Å². The Bertz CT molecular complexity index is 643. The SMILES string of the molecule is CN=C(NCCC1CC2CCC1C2)NCc1cc(OC)c(OC)c(OC)c1.I. The first-order chi connectivity index (χ1) is 13.2. The van der Waals surface area contributed by atoms with Gasteiger partial charge in [0, 0.05) is 20.1 Å². The van der Waals surface area contributed by atoms with Gasteiger partial charge in [0.25, 0.3) is 0 Å². The molecule has 0 heterocycles. The highest BCUT2D eigenvalue weighted by molar-refractivity contribution is 14.0. The van der Waals surface area contributed by atoms with Gasteiger partial charge in [0.05, 0.1) is 21.3 Å². The van der Waals surface area contributed by atoms with Crippen LogP contribution in [0.25, 0.3) is 0 Å². The average molecular weight is 503 g/mol. The second-order valence-electron chi connectivity index (χ2n) is 7.61. The van der Waals surface area contributed by atoms with Crippen LogP contribution in [0.15, 0.2) is 17.1 Å². The largest absolute Gasteiger partial charge is 0.493 e. The van der Waals surface area contributed by atoms with E-state index in [-0.39, 0.29) is 24.0 Å². The Morgan fingerprint density at radius 1 is 1.04 bits per heavy atom. The van der Waals surface area contributed by atoms with E-state index in [2.05, 4.69) is 15.6 Å². The molecular weight excluding hydrogens is 469 g/mol. The van der Waals surface area contributed by atoms with Crippen molar-refractivity contribution in [2.45, 2.75) is 38.6 Å². The summed E-state index contributed by atoms with van der Waals surface area (Å²) in [7, 11) is 6.68. The van der Waals surface area contributed by atoms with Crippen LogP contribution in [0.5, 0.6) is 17.2 Å². The van der Waals surface area contributed by atoms with E-state index in [1.807, 2.05) is 19.2 Å². The number of hydrogen-bond acceptors (Lipinski definition) is 4. The van der Waals surface area contributed by atoms with Gasteiger partial charge in [0.2, 0.25) is 5.75 Å². The molecule has 28 heavy (non-hydrogen) atoms. The number of hydrogen-bond donors (Lipinski definition) is 2. The number of halogens is 1. The predicted molar refractivity (Wildman–Crippen MR) is 123 cm³/mol. The third-order valence-electron chi connectivity index (χ3n) is 6.10. The number of ether oxygens (including phenoxy) is 3. The predicted octanol–water partition coefficient (Wildman–Crippen LogP) is 3.82. The molecule has 0 spiro atoms. The van der Waals surface area contributed by atoms with Crippen molar-refractivity contribution in [3.8, 4) is 17.2 Å². The molecule has 2 aliphatic rings. The molecule has 3 atom stereocenters. The molecule has 2 bridgehead atoms. The Balaban J connectivity index is 0.00000280. The topological polar surface area (TPSA) is 64.1 Å². The van der Waals surface area contributed by atoms with E-state index in [4.69, 9.17) is 14.2 Å². The van der Waals surface area contributed by atoms with E-state index < -0.39 is 0 Å². The van der Waals surface area contributed by atoms with Crippen molar-refractivity contribution in [3.63, 3.8) is 0 Å². The molecule has 6 nitrogen and oxygen atoms in total. The standard InChI is InChI=1S/C21H33N3O3.HI/c1-22-21(23-8-7-17-10-14-5-6-16(17)9-14)24-13-15-11-18(25-2)20(27-4)19(12-15)26-3;/h11-12,14,16-17H,5-10,13H2,1-4H3,(H2,22,23,24);1H. The number of nitrogens with zero attached hydrogens (tertiary/aromatic N) is 1. The zero-order chi connectivity index (χ0) is 19.2. The van der Waals surface area contributed by atoms with Gasteiger partial charge < -0.3 is 24.8 Å². The first-order valence-electron chi connectivity index (χ1n) is 9.91. The van der Waals surface area contributed by atoms with E-state index in [1.54, 1.807) is 21.3 Å². The van der Waals surface area contributed by atoms with Crippen molar-refractivity contribution in [2.75, 3.05) is 34.9 Å². The number of rotatable bonds is 8. The fourth-order valence-electron chi connectivity index (χ4n) is 4.75. The molecule has 0 aliphatic heterocycles. The second-order valence-corrected chi connectivity index (χ2v) is 7.61. The Kier molecular flexibility index (Phi) is 8.98. The third kappa shape index (κ3) is 5.36. The van der Waals surface area contributed by atoms with Crippen molar-refractivity contribution in [2.24, 2.45) is 22.7 Å². The first-order valence-corrected chi connectivity index (χ1v) is 9.91. The number of benzene rings is 1. The summed E-state index contributed by atoms with van der Waals surface area (Å²) in [6.07, 6.45) is 7.06. The van der Waals surface area contributed by atoms with Crippen LogP contribution in [-0.2, 0) is 6.54 Å². The van der Waals surface area contributed by atoms with E-state index in [9.17, 15) is 0 Å². The van der Waals surface area contributed by atoms with Crippen molar-refractivity contribution >= 4 is 29.9 Å². The normalized spacial score (nSPS) is 23.1. The maximum absolute atomic E-state index is 5.42. The van der Waals surface area contributed by atoms with Gasteiger partial charge in [-0.15, -0.1) is 24.0 Å². The summed E-state index contributed by atoms with van der Waals surface area (Å²) < 4.78 is 16.2. The molecule has 0 aromatic heterocycles. The number of aliphatic imine (C=N–C) groups is 1. The zero-order valence-corrected chi connectivity index (χ0v) is 19.7. The Morgan fingerprint density at radius 3 is 2.25 bits per heavy atom. The van der Waals surface area contributed by atoms with E-state index in [0.717, 1.165) is 35.8 Å². The quantitative estimate of drug-likeness (QED) is 0.321. The Morgan fingerprint density at radius 2 is 1.75 bits per heavy atom. The molecule has 2 aliphatic carbocycles. The summed E-state index contributed by atoms with van der Waals surface area (Å²) >= 11 is 0. The summed E-state index contributed by atoms with van der Waals surface area (Å²) in [6, 6.07) is 3.91. The van der Waals surface area contributed by atoms with Gasteiger partial charge in [-0.25, -0.2) is 0 Å². The molecule has 2 fully saturated rings. The first kappa shape index (κ1) is 22.9. The summed E-state index contributed by atoms with van der Waals surface area (Å²) in [5.74, 6) is 5.65. The minimum atomic E-state index is 0. The highest BCUT2D eigenvalue weighted by Crippen LogP contribution is 2.49. The molecule has 3 unspecified atom stereocenters. The van der Waals surface area contributed by atoms with Crippen LogP contribution in [0.3, 0.4) is 0 Å². The van der Waals surface area contributed by atoms with Gasteiger partial charge in [-0.05, 0) is 61.1 Å². The lowest BCUT2D eigenvalue weighted by molar-refractivity contribution is 0.315. The van der Waals surface area contributed by atoms with Gasteiger partial charge >= 0.3 is 0 Å². The van der Waals surface area contributed by atoms with Crippen LogP contribution < -0.4 is 24.8 Å². The van der Waals surface area contributed by atoms with E-state index in [1.165, 1.54) is 32.1 Å². The van der Waals surface area contributed by atoms with Gasteiger partial charge in [0.15, 0.2) is 17.5 Å². The fraction of sp³-hybridized carbons (Fsp3) is 0.667. The smallest absolute Gasteiger partial charge is 0.203 e. The summed E-state index contributed by atoms with van der Waals surface area (Å²) in [4.78, 5) is 4.34. The van der Waals surface area contributed by atoms with Gasteiger partial charge in [-0.2, -0.15) is 0 Å². The lowest BCUT2D eigenvalue weighted by Gasteiger charge is -2.22. The summed E-state index contributed by atoms with van der Waals surface area (Å²) in [5, 5.41) is 6.83. The zero-order valence-electron chi connectivity index (χ0n) is 17.4. The van der Waals surface area contributed by atoms with Gasteiger partial charge in [-0.1, -0.05) is 6.42 Å². The molecule has 158 valence electrons. The molecule has 7 heteroatoms. The molecule has 3 rings (SSSR count). The van der Waals surface area contributed by atoms with Crippen molar-refractivity contribution < 1.29 is 14.2 Å². The minimum Gasteiger partial charge on any atom is -0.493 e. The van der Waals surface area contributed by atoms with Crippen LogP contribution in [0.1, 0.15) is 37.7 Å². The number of guanidine groups is 1. The molecule has 0 amide bonds. The van der Waals surface area contributed by atoms with Gasteiger partial charge in [-0.3, -0.25) is 4.99 Å². The van der Waals surface area contributed by atoms with Crippen molar-refractivity contribution in [3.05, 3.63) is 17.7 Å². The molecule has 2 saturated carbocycles. The maximum atomic E-state index is 5.42. The van der Waals surface area contributed by atoms with E-state index in [0.29, 0.717) is 23.8 Å². The van der Waals surface area contributed by atoms with Crippen LogP contribution in [-0.4, -0.2) is 40.9 Å². The monoisotopic (exact) mass is 503 g/mol. The van der Waals surface area contributed by atoms with Crippen LogP contribution in [0, 0.1) is 17.8 Å². The maximum Gasteiger partial charge on any atom is 0.203 e. The third-order valence-corrected chi connectivity index (χ3v) is 6.10. The lowest BCUT2D eigenvalue weighted by Crippen LogP contribution is -2.38. The highest BCUT2D eigenvalue weighted by Gasteiger charge is 2.38. The van der Waals surface area contributed by atoms with Crippen molar-refractivity contribution in [1.29, 1.82) is 0 Å². The molecule has 1 aromatic rings. The molecule has 2 N–H and O–H groups in total. The van der Waals surface area contributed by atoms with Gasteiger partial charge in [0.1, 0.15) is 0 Å². The van der Waals surface area contributed by atoms with E-state index >= 15 is 0 Å². The highest BCUT2D eigenvalue weighted by atomic mass is 127. The minimum absolute atomic E-state index is 0. The molecule has 0 saturated heterocycles. The second kappa shape index (κ2) is 11.0. The molecular formula is C21H34IN3O3. The number of fused-ring (bicyclic) bond motifs is 2. The Labute approximate surface area is 185 Å². The van der Waals surface area contributed by atoms with Crippen LogP contribution in [0.4, 0.5) is 0 Å². The fourth-order valence-corrected chi connectivity index (χ4v) is 4.75. The molecule has 0 radical (unpaired) electrons. The van der Waals surface area contributed by atoms with Crippen LogP contribution >= 0.6 is 24.0 Å². The molecule has 1 aromatic carbocycles. The average Bonchev–Trinajstić information content (AvgIpc) is 3.32. The van der Waals surface area contributed by atoms with Crippen molar-refractivity contribution in [1.82, 2.24) is 10.6 Å². The lowest BCUT2D eigenvalue weighted by atomic mass is 9.86. The summed E-state index contributed by atoms with van der Waals surface area (Å²) in [6.45, 7) is 1.60. The number of methoxy groups -OCH3 is 3. The Hall–Kier alpha value is -1.38. The number of nitrogens with one attached hydrogen (secondary N) is 2. The summed E-state index contributed by atoms with van der Waals surface area (Å²) in [5.41, 5.74) is 1.04.